The number of halogens is 2. The summed E-state index contributed by atoms with van der Waals surface area (Å²) in [4.78, 5) is 23.3. The molecule has 0 aliphatic rings. The Balaban J connectivity index is 3.25. The summed E-state index contributed by atoms with van der Waals surface area (Å²) in [6.45, 7) is 0.00621. The van der Waals surface area contributed by atoms with E-state index >= 15 is 0 Å². The van der Waals surface area contributed by atoms with E-state index in [-0.39, 0.29) is 33.6 Å². The molecular weight excluding hydrogens is 295 g/mol. The fraction of sp³-hybridized carbons (Fsp3) is 0.273. The van der Waals surface area contributed by atoms with E-state index in [1.165, 1.54) is 20.3 Å². The van der Waals surface area contributed by atoms with E-state index in [0.29, 0.717) is 0 Å². The molecule has 0 heterocycles. The first-order chi connectivity index (χ1) is 8.93. The van der Waals surface area contributed by atoms with Crippen LogP contribution in [0.15, 0.2) is 6.07 Å². The molecule has 0 spiro atoms. The zero-order chi connectivity index (χ0) is 14.6. The molecule has 0 atom stereocenters. The number of carbonyl (C=O) groups excluding carboxylic acids is 2. The van der Waals surface area contributed by atoms with Crippen LogP contribution in [0.4, 0.5) is 5.69 Å². The van der Waals surface area contributed by atoms with Crippen molar-refractivity contribution in [1.29, 1.82) is 0 Å². The number of nitrogens with one attached hydrogen (secondary N) is 1. The fourth-order valence-corrected chi connectivity index (χ4v) is 1.95. The summed E-state index contributed by atoms with van der Waals surface area (Å²) >= 11 is 11.8. The van der Waals surface area contributed by atoms with E-state index < -0.39 is 11.9 Å². The molecule has 0 aromatic heterocycles. The summed E-state index contributed by atoms with van der Waals surface area (Å²) in [6, 6.07) is 1.25. The van der Waals surface area contributed by atoms with Gasteiger partial charge in [0.05, 0.1) is 34.0 Å². The fourth-order valence-electron chi connectivity index (χ4n) is 1.34. The summed E-state index contributed by atoms with van der Waals surface area (Å²) in [7, 11) is 2.61. The number of ether oxygens (including phenoxy) is 2. The van der Waals surface area contributed by atoms with Gasteiger partial charge >= 0.3 is 5.97 Å². The standard InChI is InChI=1S/C11H12Cl2N2O4/c1-18-4-15-10(16)5-3-6(12)7(11(17)19-2)8(13)9(5)14/h3H,4,14H2,1-2H3,(H,15,16). The molecule has 0 saturated heterocycles. The topological polar surface area (TPSA) is 90.6 Å². The van der Waals surface area contributed by atoms with Crippen LogP contribution in [0.3, 0.4) is 0 Å². The van der Waals surface area contributed by atoms with Gasteiger partial charge < -0.3 is 20.5 Å². The second kappa shape index (κ2) is 6.60. The molecule has 1 rings (SSSR count). The van der Waals surface area contributed by atoms with E-state index in [9.17, 15) is 9.59 Å². The van der Waals surface area contributed by atoms with Crippen LogP contribution in [0.25, 0.3) is 0 Å². The van der Waals surface area contributed by atoms with Crippen molar-refractivity contribution in [3.05, 3.63) is 27.2 Å². The summed E-state index contributed by atoms with van der Waals surface area (Å²) in [5, 5.41) is 2.29. The van der Waals surface area contributed by atoms with E-state index in [1.54, 1.807) is 0 Å². The predicted molar refractivity (Wildman–Crippen MR) is 71.6 cm³/mol. The van der Waals surface area contributed by atoms with E-state index in [1.807, 2.05) is 0 Å². The second-order valence-electron chi connectivity index (χ2n) is 3.44. The van der Waals surface area contributed by atoms with Gasteiger partial charge in [0.15, 0.2) is 0 Å². The van der Waals surface area contributed by atoms with Crippen molar-refractivity contribution in [2.45, 2.75) is 0 Å². The van der Waals surface area contributed by atoms with E-state index in [0.717, 1.165) is 0 Å². The van der Waals surface area contributed by atoms with Crippen molar-refractivity contribution in [3.63, 3.8) is 0 Å². The van der Waals surface area contributed by atoms with Crippen molar-refractivity contribution in [1.82, 2.24) is 5.32 Å². The first kappa shape index (κ1) is 15.6. The van der Waals surface area contributed by atoms with Crippen LogP contribution in [-0.2, 0) is 9.47 Å². The summed E-state index contributed by atoms with van der Waals surface area (Å²) in [6.07, 6.45) is 0. The quantitative estimate of drug-likeness (QED) is 0.502. The Morgan fingerprint density at radius 1 is 1.37 bits per heavy atom. The van der Waals surface area contributed by atoms with Crippen LogP contribution in [0.5, 0.6) is 0 Å². The lowest BCUT2D eigenvalue weighted by Crippen LogP contribution is -2.26. The maximum Gasteiger partial charge on any atom is 0.340 e. The Hall–Kier alpha value is -1.50. The van der Waals surface area contributed by atoms with Crippen molar-refractivity contribution in [3.8, 4) is 0 Å². The highest BCUT2D eigenvalue weighted by atomic mass is 35.5. The number of amides is 1. The van der Waals surface area contributed by atoms with Gasteiger partial charge in [-0.15, -0.1) is 0 Å². The first-order valence-electron chi connectivity index (χ1n) is 5.07. The average molecular weight is 307 g/mol. The van der Waals surface area contributed by atoms with Gasteiger partial charge in [-0.3, -0.25) is 4.79 Å². The van der Waals surface area contributed by atoms with E-state index in [4.69, 9.17) is 33.7 Å². The number of rotatable bonds is 4. The Morgan fingerprint density at radius 3 is 2.53 bits per heavy atom. The third-order valence-electron chi connectivity index (χ3n) is 2.27. The monoisotopic (exact) mass is 306 g/mol. The van der Waals surface area contributed by atoms with Crippen LogP contribution in [0, 0.1) is 0 Å². The summed E-state index contributed by atoms with van der Waals surface area (Å²) < 4.78 is 9.24. The molecule has 104 valence electrons. The highest BCUT2D eigenvalue weighted by molar-refractivity contribution is 6.41. The molecule has 0 aliphatic heterocycles. The van der Waals surface area contributed by atoms with Crippen molar-refractivity contribution in [2.24, 2.45) is 0 Å². The second-order valence-corrected chi connectivity index (χ2v) is 4.22. The molecule has 1 aromatic carbocycles. The largest absolute Gasteiger partial charge is 0.465 e. The highest BCUT2D eigenvalue weighted by Crippen LogP contribution is 2.33. The van der Waals surface area contributed by atoms with Crippen LogP contribution in [0.1, 0.15) is 20.7 Å². The third kappa shape index (κ3) is 3.28. The predicted octanol–water partition coefficient (Wildman–Crippen LogP) is 1.70. The lowest BCUT2D eigenvalue weighted by molar-refractivity contribution is 0.0600. The molecule has 0 bridgehead atoms. The molecule has 1 amide bonds. The molecule has 0 fully saturated rings. The normalized spacial score (nSPS) is 10.1. The Labute approximate surface area is 119 Å². The zero-order valence-electron chi connectivity index (χ0n) is 10.3. The smallest absolute Gasteiger partial charge is 0.340 e. The molecule has 3 N–H and O–H groups in total. The Morgan fingerprint density at radius 2 is 2.00 bits per heavy atom. The Kier molecular flexibility index (Phi) is 5.41. The van der Waals surface area contributed by atoms with Gasteiger partial charge in [0, 0.05) is 7.11 Å². The number of nitrogen functional groups attached to an aromatic ring is 1. The minimum absolute atomic E-state index is 0.00621. The third-order valence-corrected chi connectivity index (χ3v) is 2.96. The van der Waals surface area contributed by atoms with Crippen LogP contribution in [-0.4, -0.2) is 32.8 Å². The number of hydrogen-bond donors (Lipinski definition) is 2. The highest BCUT2D eigenvalue weighted by Gasteiger charge is 2.23. The number of carbonyl (C=O) groups is 2. The molecule has 0 unspecified atom stereocenters. The van der Waals surface area contributed by atoms with Crippen LogP contribution in [0.2, 0.25) is 10.0 Å². The van der Waals surface area contributed by atoms with E-state index in [2.05, 4.69) is 10.1 Å². The molecule has 0 radical (unpaired) electrons. The maximum atomic E-state index is 11.8. The Bertz CT molecular complexity index is 520. The molecule has 0 saturated carbocycles. The van der Waals surface area contributed by atoms with Crippen LogP contribution >= 0.6 is 23.2 Å². The molecule has 6 nitrogen and oxygen atoms in total. The number of nitrogens with two attached hydrogens (primary N) is 1. The van der Waals surface area contributed by atoms with Crippen LogP contribution < -0.4 is 11.1 Å². The van der Waals surface area contributed by atoms with Crippen molar-refractivity contribution in [2.75, 3.05) is 26.7 Å². The minimum atomic E-state index is -0.731. The zero-order valence-corrected chi connectivity index (χ0v) is 11.8. The SMILES string of the molecule is COCNC(=O)c1cc(Cl)c(C(=O)OC)c(Cl)c1N. The first-order valence-corrected chi connectivity index (χ1v) is 5.82. The molecule has 0 aliphatic carbocycles. The van der Waals surface area contributed by atoms with Gasteiger partial charge in [0.2, 0.25) is 0 Å². The van der Waals surface area contributed by atoms with Gasteiger partial charge in [0.1, 0.15) is 6.73 Å². The van der Waals surface area contributed by atoms with Gasteiger partial charge in [-0.2, -0.15) is 0 Å². The molecule has 19 heavy (non-hydrogen) atoms. The minimum Gasteiger partial charge on any atom is -0.465 e. The van der Waals surface area contributed by atoms with Crippen molar-refractivity contribution < 1.29 is 19.1 Å². The maximum absolute atomic E-state index is 11.8. The number of esters is 1. The summed E-state index contributed by atoms with van der Waals surface area (Å²) in [5.41, 5.74) is 5.64. The lowest BCUT2D eigenvalue weighted by atomic mass is 10.1. The molecule has 1 aromatic rings. The lowest BCUT2D eigenvalue weighted by Gasteiger charge is -2.12. The van der Waals surface area contributed by atoms with Gasteiger partial charge in [-0.25, -0.2) is 4.79 Å². The number of hydrogen-bond acceptors (Lipinski definition) is 5. The number of anilines is 1. The number of methoxy groups -OCH3 is 2. The van der Waals surface area contributed by atoms with Gasteiger partial charge in [-0.1, -0.05) is 23.2 Å². The van der Waals surface area contributed by atoms with Gasteiger partial charge in [-0.05, 0) is 6.07 Å². The molecule has 8 heteroatoms. The average Bonchev–Trinajstić information content (AvgIpc) is 2.39. The summed E-state index contributed by atoms with van der Waals surface area (Å²) in [5.74, 6) is -1.25. The van der Waals surface area contributed by atoms with Crippen molar-refractivity contribution >= 4 is 40.8 Å². The number of benzene rings is 1. The van der Waals surface area contributed by atoms with Gasteiger partial charge in [0.25, 0.3) is 5.91 Å². The molecular formula is C11H12Cl2N2O4.